The van der Waals surface area contributed by atoms with Crippen molar-refractivity contribution in [1.29, 1.82) is 0 Å². The van der Waals surface area contributed by atoms with Crippen LogP contribution in [0.1, 0.15) is 272 Å². The molecule has 0 aliphatic carbocycles. The van der Waals surface area contributed by atoms with Crippen LogP contribution in [0.4, 0.5) is 0 Å². The fourth-order valence-corrected chi connectivity index (χ4v) is 11.4. The van der Waals surface area contributed by atoms with Gasteiger partial charge in [-0.15, -0.1) is 0 Å². The third-order valence-corrected chi connectivity index (χ3v) is 17.8. The second-order valence-electron chi connectivity index (χ2n) is 26.2. The molecule has 17 nitrogen and oxygen atoms in total. The van der Waals surface area contributed by atoms with E-state index in [0.29, 0.717) is 38.5 Å². The van der Waals surface area contributed by atoms with Crippen molar-refractivity contribution in [1.82, 2.24) is 0 Å². The van der Waals surface area contributed by atoms with Crippen LogP contribution in [0.25, 0.3) is 0 Å². The fraction of sp³-hybridized carbons (Fsp3) is 0.560. The molecule has 0 aliphatic rings. The highest BCUT2D eigenvalue weighted by Gasteiger charge is 2.30. The van der Waals surface area contributed by atoms with E-state index >= 15 is 0 Å². The van der Waals surface area contributed by atoms with Gasteiger partial charge in [0.1, 0.15) is 19.3 Å². The summed E-state index contributed by atoms with van der Waals surface area (Å²) in [5.41, 5.74) is 0. The molecular weight excluding hydrogens is 1430 g/mol. The van der Waals surface area contributed by atoms with Gasteiger partial charge in [0.25, 0.3) is 0 Å². The van der Waals surface area contributed by atoms with Gasteiger partial charge in [-0.1, -0.05) is 279 Å². The van der Waals surface area contributed by atoms with Crippen LogP contribution in [-0.4, -0.2) is 96.7 Å². The summed E-state index contributed by atoms with van der Waals surface area (Å²) in [6.07, 6.45) is 102. The zero-order valence-corrected chi connectivity index (χ0v) is 69.4. The van der Waals surface area contributed by atoms with Gasteiger partial charge in [0.2, 0.25) is 0 Å². The van der Waals surface area contributed by atoms with Crippen molar-refractivity contribution in [2.24, 2.45) is 0 Å². The number of unbranched alkanes of at least 4 members (excludes halogenated alkanes) is 12. The van der Waals surface area contributed by atoms with Crippen LogP contribution in [0, 0.1) is 0 Å². The summed E-state index contributed by atoms with van der Waals surface area (Å²) < 4.78 is 68.6. The summed E-state index contributed by atoms with van der Waals surface area (Å²) in [6.45, 7) is 4.22. The van der Waals surface area contributed by atoms with Crippen LogP contribution in [0.3, 0.4) is 0 Å². The summed E-state index contributed by atoms with van der Waals surface area (Å²) in [5.74, 6) is -2.37. The van der Waals surface area contributed by atoms with E-state index in [0.717, 1.165) is 180 Å². The van der Waals surface area contributed by atoms with Crippen LogP contribution in [0.5, 0.6) is 0 Å². The van der Waals surface area contributed by atoms with E-state index in [-0.39, 0.29) is 25.7 Å². The number of ether oxygens (including phenoxy) is 4. The largest absolute Gasteiger partial charge is 0.472 e. The molecule has 0 aromatic carbocycles. The lowest BCUT2D eigenvalue weighted by Crippen LogP contribution is -2.30. The minimum atomic E-state index is -5.02. The molecule has 0 heterocycles. The van der Waals surface area contributed by atoms with Gasteiger partial charge in [-0.3, -0.25) is 37.3 Å². The number of esters is 4. The molecule has 0 fully saturated rings. The topological polar surface area (TPSA) is 237 Å². The Morgan fingerprint density at radius 2 is 0.455 bits per heavy atom. The number of carbonyl (C=O) groups excluding carboxylic acids is 4. The maximum atomic E-state index is 13.1. The van der Waals surface area contributed by atoms with E-state index in [1.165, 1.54) is 0 Å². The van der Waals surface area contributed by atoms with Gasteiger partial charge in [0.15, 0.2) is 12.2 Å². The lowest BCUT2D eigenvalue weighted by molar-refractivity contribution is -0.161. The van der Waals surface area contributed by atoms with Gasteiger partial charge in [0, 0.05) is 25.7 Å². The van der Waals surface area contributed by atoms with Crippen molar-refractivity contribution < 1.29 is 80.2 Å². The van der Waals surface area contributed by atoms with Crippen molar-refractivity contribution in [3.63, 3.8) is 0 Å². The van der Waals surface area contributed by atoms with Gasteiger partial charge >= 0.3 is 39.5 Å². The predicted octanol–water partition coefficient (Wildman–Crippen LogP) is 24.4. The first kappa shape index (κ1) is 103. The maximum absolute atomic E-state index is 13.1. The molecule has 618 valence electrons. The molecule has 3 N–H and O–H groups in total. The van der Waals surface area contributed by atoms with Gasteiger partial charge < -0.3 is 33.8 Å². The normalized spacial score (nSPS) is 14.9. The zero-order valence-electron chi connectivity index (χ0n) is 67.6. The molecule has 19 heteroatoms. The third-order valence-electron chi connectivity index (χ3n) is 15.9. The van der Waals surface area contributed by atoms with Crippen molar-refractivity contribution in [3.05, 3.63) is 219 Å². The molecule has 0 radical (unpaired) electrons. The molecule has 0 aromatic heterocycles. The number of aliphatic hydroxyl groups is 1. The summed E-state index contributed by atoms with van der Waals surface area (Å²) in [4.78, 5) is 73.2. The number of phosphoric acid groups is 2. The first-order chi connectivity index (χ1) is 53.7. The molecular formula is C91H142O17P2. The Labute approximate surface area is 664 Å². The predicted molar refractivity (Wildman–Crippen MR) is 454 cm³/mol. The number of rotatable bonds is 74. The van der Waals surface area contributed by atoms with Gasteiger partial charge in [0.05, 0.1) is 26.4 Å². The summed E-state index contributed by atoms with van der Waals surface area (Å²) in [5, 5.41) is 10.7. The lowest BCUT2D eigenvalue weighted by atomic mass is 10.1. The van der Waals surface area contributed by atoms with Crippen molar-refractivity contribution in [2.45, 2.75) is 290 Å². The zero-order chi connectivity index (χ0) is 80.3. The fourth-order valence-electron chi connectivity index (χ4n) is 9.85. The van der Waals surface area contributed by atoms with Gasteiger partial charge in [-0.2, -0.15) is 0 Å². The molecule has 0 spiro atoms. The number of aliphatic hydroxyl groups excluding tert-OH is 1. The van der Waals surface area contributed by atoms with Crippen molar-refractivity contribution >= 4 is 39.5 Å². The molecule has 5 atom stereocenters. The van der Waals surface area contributed by atoms with Crippen LogP contribution in [0.2, 0.25) is 0 Å². The van der Waals surface area contributed by atoms with Crippen LogP contribution in [0.15, 0.2) is 219 Å². The number of allylic oxidation sites excluding steroid dienone is 36. The number of phosphoric ester groups is 2. The Morgan fingerprint density at radius 3 is 0.745 bits per heavy atom. The van der Waals surface area contributed by atoms with Gasteiger partial charge in [-0.05, 0) is 186 Å². The highest BCUT2D eigenvalue weighted by molar-refractivity contribution is 7.47. The SMILES string of the molecule is CC/C=C\C/C=C\C/C=C\C/C=C\C/C=C\CCCCCC(=O)OCC(COP(=O)(O)OCC(O)COP(=O)(O)OCC(COC(=O)CCCCCCCC/C=C\C/C=C\C/C=C\C/C=C\CC)OC(=O)CCC/C=C\C/C=C\C/C=C\C/C=C\C/C=C\CC)OC(=O)CCCC/C=C\C/C=C\C/C=C\C/C=C\CC. The van der Waals surface area contributed by atoms with E-state index in [4.69, 9.17) is 37.0 Å². The van der Waals surface area contributed by atoms with Crippen LogP contribution in [-0.2, 0) is 65.4 Å². The first-order valence-corrected chi connectivity index (χ1v) is 44.0. The summed E-state index contributed by atoms with van der Waals surface area (Å²) in [6, 6.07) is 0. The second kappa shape index (κ2) is 80.4. The lowest BCUT2D eigenvalue weighted by Gasteiger charge is -2.21. The Hall–Kier alpha value is -6.62. The Morgan fingerprint density at radius 1 is 0.255 bits per heavy atom. The van der Waals surface area contributed by atoms with E-state index in [1.54, 1.807) is 0 Å². The minimum absolute atomic E-state index is 0.00187. The Kier molecular flexibility index (Phi) is 75.6. The summed E-state index contributed by atoms with van der Waals surface area (Å²) in [7, 11) is -10.0. The highest BCUT2D eigenvalue weighted by Crippen LogP contribution is 2.45. The number of carbonyl (C=O) groups is 4. The Balaban J connectivity index is 5.53. The molecule has 0 aromatic rings. The maximum Gasteiger partial charge on any atom is 0.472 e. The Bertz CT molecular complexity index is 2950. The smallest absolute Gasteiger partial charge is 0.462 e. The molecule has 0 rings (SSSR count). The molecule has 0 aliphatic heterocycles. The van der Waals surface area contributed by atoms with Crippen molar-refractivity contribution in [2.75, 3.05) is 39.6 Å². The highest BCUT2D eigenvalue weighted by atomic mass is 31.2. The van der Waals surface area contributed by atoms with Gasteiger partial charge in [-0.25, -0.2) is 9.13 Å². The van der Waals surface area contributed by atoms with E-state index in [2.05, 4.69) is 234 Å². The molecule has 0 amide bonds. The standard InChI is InChI=1S/C91H142O17P2/c1-5-9-13-17-21-25-29-33-37-40-42-45-48-51-55-59-63-67-71-75-88(93)101-81-86(107-90(95)77-73-69-65-61-57-53-47-36-32-28-24-20-16-12-8-4)83-105-109(97,98)103-79-85(92)80-104-110(99,100)106-84-87(108-91(96)78-74-70-66-62-58-54-50-44-39-35-31-27-23-19-15-11-7-3)82-102-89(94)76-72-68-64-60-56-52-49-46-43-41-38-34-30-26-22-18-14-10-6-2/h9-16,21-28,33-39,42-43,45-47,50-51,54-55,57,61-62,66,85-87,92H,5-8,17-20,29-32,40-41,44,48-49,52-53,56,58-60,63-65,67-84H2,1-4H3,(H,97,98)(H,99,100)/b13-9-,14-10-,15-11-,16-12-,25-21-,26-22-,27-23-,28-24-,37-33-,38-34-,39-35-,45-42-,46-43-,47-36-,54-50-,55-51-,61-57-,66-62-. The van der Waals surface area contributed by atoms with Crippen LogP contribution >= 0.6 is 15.6 Å². The van der Waals surface area contributed by atoms with E-state index in [9.17, 15) is 43.2 Å². The molecule has 110 heavy (non-hydrogen) atoms. The molecule has 5 unspecified atom stereocenters. The average molecular weight is 1570 g/mol. The monoisotopic (exact) mass is 1570 g/mol. The summed E-state index contributed by atoms with van der Waals surface area (Å²) >= 11 is 0. The molecule has 0 saturated heterocycles. The third kappa shape index (κ3) is 79.5. The molecule has 0 bridgehead atoms. The number of hydrogen-bond acceptors (Lipinski definition) is 15. The van der Waals surface area contributed by atoms with Crippen LogP contribution < -0.4 is 0 Å². The van der Waals surface area contributed by atoms with Crippen molar-refractivity contribution in [3.8, 4) is 0 Å². The average Bonchev–Trinajstić information content (AvgIpc) is 0.899. The first-order valence-electron chi connectivity index (χ1n) is 41.0. The quantitative estimate of drug-likeness (QED) is 0.0169. The molecule has 0 saturated carbocycles. The minimum Gasteiger partial charge on any atom is -0.462 e. The van der Waals surface area contributed by atoms with E-state index in [1.807, 2.05) is 12.2 Å². The van der Waals surface area contributed by atoms with E-state index < -0.39 is 97.5 Å². The number of hydrogen-bond donors (Lipinski definition) is 3. The second-order valence-corrected chi connectivity index (χ2v) is 29.1.